The van der Waals surface area contributed by atoms with Gasteiger partial charge in [0.15, 0.2) is 14.2 Å². The standard InChI is InChI=1S/C22H56N6Si3/c1-20(2)26-22(28(21(3)4)31(11,12)13)23-14-17-27(18-15-24-29(5,6)7)19-16-25-30(8,9)10/h20-21,24-25H,14-19H2,1-13H3,(H,23,26). The molecule has 0 radical (unpaired) electrons. The average molecular weight is 489 g/mol. The van der Waals surface area contributed by atoms with Gasteiger partial charge in [-0.1, -0.05) is 58.9 Å². The van der Waals surface area contributed by atoms with Gasteiger partial charge in [-0.25, -0.2) is 0 Å². The van der Waals surface area contributed by atoms with Crippen LogP contribution in [0.3, 0.4) is 0 Å². The Morgan fingerprint density at radius 1 is 0.742 bits per heavy atom. The van der Waals surface area contributed by atoms with E-state index < -0.39 is 24.7 Å². The molecular formula is C22H56N6Si3. The minimum Gasteiger partial charge on any atom is -0.368 e. The van der Waals surface area contributed by atoms with E-state index in [0.717, 1.165) is 45.2 Å². The van der Waals surface area contributed by atoms with Gasteiger partial charge in [0.25, 0.3) is 0 Å². The second-order valence-corrected chi connectivity index (χ2v) is 26.9. The topological polar surface area (TPSA) is 54.9 Å². The van der Waals surface area contributed by atoms with Crippen molar-refractivity contribution < 1.29 is 0 Å². The molecule has 9 heteroatoms. The maximum absolute atomic E-state index is 5.11. The van der Waals surface area contributed by atoms with E-state index in [-0.39, 0.29) is 0 Å². The summed E-state index contributed by atoms with van der Waals surface area (Å²) < 4.78 is 2.55. The largest absolute Gasteiger partial charge is 0.368 e. The first-order valence-corrected chi connectivity index (χ1v) is 22.7. The Morgan fingerprint density at radius 2 is 1.19 bits per heavy atom. The Balaban J connectivity index is 5.23. The molecule has 0 atom stereocenters. The van der Waals surface area contributed by atoms with Crippen molar-refractivity contribution in [2.75, 3.05) is 39.3 Å². The Morgan fingerprint density at radius 3 is 1.52 bits per heavy atom. The van der Waals surface area contributed by atoms with Crippen molar-refractivity contribution in [2.45, 2.75) is 98.7 Å². The summed E-state index contributed by atoms with van der Waals surface area (Å²) in [6, 6.07) is 0.837. The van der Waals surface area contributed by atoms with Crippen LogP contribution in [-0.2, 0) is 0 Å². The van der Waals surface area contributed by atoms with Gasteiger partial charge in [0.05, 0.1) is 6.54 Å². The van der Waals surface area contributed by atoms with Gasteiger partial charge < -0.3 is 19.8 Å². The maximum Gasteiger partial charge on any atom is 0.186 e. The second kappa shape index (κ2) is 13.5. The molecule has 0 spiro atoms. The van der Waals surface area contributed by atoms with Crippen molar-refractivity contribution in [1.82, 2.24) is 24.7 Å². The van der Waals surface area contributed by atoms with Crippen LogP contribution in [0.4, 0.5) is 0 Å². The molecule has 0 aliphatic rings. The van der Waals surface area contributed by atoms with Crippen molar-refractivity contribution in [3.63, 3.8) is 0 Å². The lowest BCUT2D eigenvalue weighted by atomic mass is 10.4. The van der Waals surface area contributed by atoms with Gasteiger partial charge >= 0.3 is 0 Å². The first-order chi connectivity index (χ1) is 13.9. The van der Waals surface area contributed by atoms with E-state index in [2.05, 4.69) is 111 Å². The third-order valence-corrected chi connectivity index (χ3v) is 9.52. The number of hydrogen-bond donors (Lipinski definition) is 3. The molecule has 0 saturated heterocycles. The van der Waals surface area contributed by atoms with Crippen LogP contribution >= 0.6 is 0 Å². The van der Waals surface area contributed by atoms with Crippen LogP contribution in [0.5, 0.6) is 0 Å². The minimum absolute atomic E-state index is 0.384. The van der Waals surface area contributed by atoms with Crippen LogP contribution in [0.25, 0.3) is 0 Å². The Bertz CT molecular complexity index is 499. The van der Waals surface area contributed by atoms with E-state index in [0.29, 0.717) is 12.1 Å². The lowest BCUT2D eigenvalue weighted by Crippen LogP contribution is -2.58. The number of nitrogens with zero attached hydrogens (tertiary/aromatic N) is 3. The summed E-state index contributed by atoms with van der Waals surface area (Å²) in [6.07, 6.45) is 0. The van der Waals surface area contributed by atoms with E-state index >= 15 is 0 Å². The Kier molecular flexibility index (Phi) is 13.4. The average Bonchev–Trinajstić information content (AvgIpc) is 2.49. The summed E-state index contributed by atoms with van der Waals surface area (Å²) in [4.78, 5) is 15.2. The fourth-order valence-electron chi connectivity index (χ4n) is 3.60. The summed E-state index contributed by atoms with van der Waals surface area (Å²) in [7, 11) is -3.98. The Hall–Kier alpha value is -0.199. The van der Waals surface area contributed by atoms with Crippen LogP contribution in [-0.4, -0.2) is 91.5 Å². The van der Waals surface area contributed by atoms with Crippen molar-refractivity contribution in [2.24, 2.45) is 4.99 Å². The van der Waals surface area contributed by atoms with Crippen molar-refractivity contribution in [1.29, 1.82) is 0 Å². The normalized spacial score (nSPS) is 14.1. The molecule has 0 rings (SSSR count). The minimum atomic E-state index is -1.53. The van der Waals surface area contributed by atoms with E-state index in [1.54, 1.807) is 0 Å². The third kappa shape index (κ3) is 16.1. The first kappa shape index (κ1) is 30.8. The Labute approximate surface area is 198 Å². The first-order valence-electron chi connectivity index (χ1n) is 12.2. The molecule has 0 aliphatic carbocycles. The van der Waals surface area contributed by atoms with Gasteiger partial charge in [-0.15, -0.1) is 0 Å². The van der Waals surface area contributed by atoms with Gasteiger partial charge in [0, 0.05) is 44.8 Å². The molecule has 0 aliphatic heterocycles. The van der Waals surface area contributed by atoms with E-state index in [1.807, 2.05) is 0 Å². The highest BCUT2D eigenvalue weighted by molar-refractivity contribution is 6.75. The van der Waals surface area contributed by atoms with Gasteiger partial charge in [-0.2, -0.15) is 0 Å². The molecule has 0 amide bonds. The molecule has 0 aromatic heterocycles. The zero-order valence-corrected chi connectivity index (χ0v) is 26.2. The van der Waals surface area contributed by atoms with Crippen molar-refractivity contribution >= 4 is 30.7 Å². The van der Waals surface area contributed by atoms with Crippen LogP contribution in [0.2, 0.25) is 58.9 Å². The highest BCUT2D eigenvalue weighted by atomic mass is 28.3. The van der Waals surface area contributed by atoms with Crippen LogP contribution < -0.4 is 15.3 Å². The van der Waals surface area contributed by atoms with Gasteiger partial charge in [-0.05, 0) is 27.7 Å². The summed E-state index contributed by atoms with van der Waals surface area (Å²) in [6.45, 7) is 36.5. The second-order valence-electron chi connectivity index (χ2n) is 12.3. The highest BCUT2D eigenvalue weighted by Crippen LogP contribution is 2.14. The molecule has 0 unspecified atom stereocenters. The van der Waals surface area contributed by atoms with Crippen LogP contribution in [0.15, 0.2) is 4.99 Å². The molecular weight excluding hydrogens is 433 g/mol. The molecule has 0 bridgehead atoms. The molecule has 6 nitrogen and oxygen atoms in total. The van der Waals surface area contributed by atoms with E-state index in [9.17, 15) is 0 Å². The number of aliphatic imine (C=N–C) groups is 1. The zero-order chi connectivity index (χ0) is 24.5. The van der Waals surface area contributed by atoms with Gasteiger partial charge in [-0.3, -0.25) is 9.89 Å². The van der Waals surface area contributed by atoms with Crippen molar-refractivity contribution in [3.8, 4) is 0 Å². The summed E-state index contributed by atoms with van der Waals surface area (Å²) in [5.41, 5.74) is 0. The van der Waals surface area contributed by atoms with Crippen LogP contribution in [0.1, 0.15) is 27.7 Å². The molecule has 3 N–H and O–H groups in total. The molecule has 0 saturated carbocycles. The molecule has 186 valence electrons. The van der Waals surface area contributed by atoms with Crippen molar-refractivity contribution in [3.05, 3.63) is 0 Å². The summed E-state index contributed by atoms with van der Waals surface area (Å²) in [5, 5.41) is 3.65. The van der Waals surface area contributed by atoms with E-state index in [4.69, 9.17) is 4.99 Å². The van der Waals surface area contributed by atoms with Crippen LogP contribution in [0, 0.1) is 0 Å². The van der Waals surface area contributed by atoms with Gasteiger partial charge in [0.2, 0.25) is 0 Å². The third-order valence-electron chi connectivity index (χ3n) is 4.73. The number of rotatable bonds is 14. The number of nitrogens with one attached hydrogen (secondary N) is 3. The lowest BCUT2D eigenvalue weighted by molar-refractivity contribution is 0.289. The monoisotopic (exact) mass is 488 g/mol. The van der Waals surface area contributed by atoms with E-state index in [1.165, 1.54) is 0 Å². The summed E-state index contributed by atoms with van der Waals surface area (Å²) >= 11 is 0. The lowest BCUT2D eigenvalue weighted by Gasteiger charge is -2.41. The maximum atomic E-state index is 5.11. The molecule has 0 heterocycles. The molecule has 31 heavy (non-hydrogen) atoms. The molecule has 0 aromatic carbocycles. The predicted molar refractivity (Wildman–Crippen MR) is 150 cm³/mol. The fourth-order valence-corrected chi connectivity index (χ4v) is 7.64. The highest BCUT2D eigenvalue weighted by Gasteiger charge is 2.29. The SMILES string of the molecule is CC(C)NC(=NCCN(CCN[Si](C)(C)C)CCN[Si](C)(C)C)N(C(C)C)[Si](C)(C)C. The zero-order valence-electron chi connectivity index (χ0n) is 23.2. The predicted octanol–water partition coefficient (Wildman–Crippen LogP) is 4.04. The summed E-state index contributed by atoms with van der Waals surface area (Å²) in [5.74, 6) is 1.09. The molecule has 0 aromatic rings. The molecule has 0 fully saturated rings. The fraction of sp³-hybridized carbons (Fsp3) is 0.955. The number of guanidine groups is 1. The number of hydrogen-bond acceptors (Lipinski definition) is 4. The quantitative estimate of drug-likeness (QED) is 0.196. The van der Waals surface area contributed by atoms with Gasteiger partial charge in [0.1, 0.15) is 16.5 Å². The smallest absolute Gasteiger partial charge is 0.186 e.